The van der Waals surface area contributed by atoms with E-state index in [-0.39, 0.29) is 0 Å². The topological polar surface area (TPSA) is 0 Å². The molecule has 0 saturated carbocycles. The van der Waals surface area contributed by atoms with E-state index in [4.69, 9.17) is 0 Å². The Morgan fingerprint density at radius 3 is 1.77 bits per heavy atom. The molecule has 0 radical (unpaired) electrons. The summed E-state index contributed by atoms with van der Waals surface area (Å²) >= 11 is 0. The molecule has 0 amide bonds. The van der Waals surface area contributed by atoms with Crippen LogP contribution in [-0.4, -0.2) is 0 Å². The molecule has 2 aromatic carbocycles. The summed E-state index contributed by atoms with van der Waals surface area (Å²) < 4.78 is 0. The predicted molar refractivity (Wildman–Crippen MR) is 100 cm³/mol. The molecule has 22 heavy (non-hydrogen) atoms. The van der Waals surface area contributed by atoms with E-state index >= 15 is 0 Å². The molecule has 0 unspecified atom stereocenters. The monoisotopic (exact) mass is 296 g/mol. The fourth-order valence-electron chi connectivity index (χ4n) is 4.03. The first-order valence-electron chi connectivity index (χ1n) is 9.24. The fraction of sp³-hybridized carbons (Fsp3) is 0.545. The quantitative estimate of drug-likeness (QED) is 0.542. The van der Waals surface area contributed by atoms with Crippen LogP contribution >= 0.6 is 0 Å². The Hall–Kier alpha value is -1.30. The summed E-state index contributed by atoms with van der Waals surface area (Å²) in [6.45, 7) is 11.6. The van der Waals surface area contributed by atoms with Crippen molar-refractivity contribution in [1.29, 1.82) is 0 Å². The van der Waals surface area contributed by atoms with Gasteiger partial charge in [0.2, 0.25) is 0 Å². The first kappa shape index (κ1) is 17.1. The van der Waals surface area contributed by atoms with Crippen LogP contribution in [0.15, 0.2) is 18.2 Å². The van der Waals surface area contributed by atoms with Crippen LogP contribution in [0.3, 0.4) is 0 Å². The Balaban J connectivity index is 2.91. The zero-order valence-corrected chi connectivity index (χ0v) is 15.2. The fourth-order valence-corrected chi connectivity index (χ4v) is 4.03. The van der Waals surface area contributed by atoms with E-state index in [2.05, 4.69) is 52.8 Å². The van der Waals surface area contributed by atoms with Gasteiger partial charge in [-0.2, -0.15) is 0 Å². The van der Waals surface area contributed by atoms with Crippen LogP contribution in [0.4, 0.5) is 0 Å². The second-order valence-electron chi connectivity index (χ2n) is 6.52. The lowest BCUT2D eigenvalue weighted by atomic mass is 9.82. The zero-order chi connectivity index (χ0) is 16.1. The van der Waals surface area contributed by atoms with Crippen molar-refractivity contribution in [3.63, 3.8) is 0 Å². The van der Waals surface area contributed by atoms with Gasteiger partial charge in [0, 0.05) is 0 Å². The van der Waals surface area contributed by atoms with Crippen molar-refractivity contribution < 1.29 is 0 Å². The van der Waals surface area contributed by atoms with Crippen LogP contribution < -0.4 is 0 Å². The maximum atomic E-state index is 2.36. The predicted octanol–water partition coefficient (Wildman–Crippen LogP) is 6.57. The van der Waals surface area contributed by atoms with Gasteiger partial charge in [-0.1, -0.05) is 65.2 Å². The summed E-state index contributed by atoms with van der Waals surface area (Å²) in [7, 11) is 0. The van der Waals surface area contributed by atoms with Gasteiger partial charge in [-0.05, 0) is 71.2 Å². The van der Waals surface area contributed by atoms with E-state index in [0.29, 0.717) is 0 Å². The van der Waals surface area contributed by atoms with E-state index in [1.165, 1.54) is 49.5 Å². The molecule has 0 heteroatoms. The highest BCUT2D eigenvalue weighted by Crippen LogP contribution is 2.35. The third kappa shape index (κ3) is 3.07. The molecule has 120 valence electrons. The molecule has 2 rings (SSSR count). The molecule has 0 fully saturated rings. The van der Waals surface area contributed by atoms with Gasteiger partial charge in [0.25, 0.3) is 0 Å². The van der Waals surface area contributed by atoms with Gasteiger partial charge in [-0.25, -0.2) is 0 Å². The molecule has 0 heterocycles. The lowest BCUT2D eigenvalue weighted by Gasteiger charge is -2.23. The second kappa shape index (κ2) is 7.81. The van der Waals surface area contributed by atoms with E-state index in [0.717, 1.165) is 6.42 Å². The highest BCUT2D eigenvalue weighted by molar-refractivity contribution is 5.93. The van der Waals surface area contributed by atoms with Gasteiger partial charge in [0.15, 0.2) is 0 Å². The normalized spacial score (nSPS) is 11.3. The molecule has 0 bridgehead atoms. The molecule has 0 aliphatic carbocycles. The molecular formula is C22H32. The molecule has 0 aliphatic heterocycles. The number of fused-ring (bicyclic) bond motifs is 1. The first-order valence-corrected chi connectivity index (χ1v) is 9.24. The van der Waals surface area contributed by atoms with Crippen molar-refractivity contribution in [2.24, 2.45) is 0 Å². The molecule has 0 aliphatic rings. The Bertz CT molecular complexity index is 634. The Kier molecular flexibility index (Phi) is 6.06. The van der Waals surface area contributed by atoms with Gasteiger partial charge in [-0.15, -0.1) is 0 Å². The largest absolute Gasteiger partial charge is 0.0651 e. The Morgan fingerprint density at radius 1 is 0.682 bits per heavy atom. The number of hydrogen-bond acceptors (Lipinski definition) is 0. The minimum Gasteiger partial charge on any atom is -0.0651 e. The van der Waals surface area contributed by atoms with E-state index < -0.39 is 0 Å². The smallest absolute Gasteiger partial charge is 0.0117 e. The lowest BCUT2D eigenvalue weighted by Crippen LogP contribution is -2.07. The SMILES string of the molecule is CCCc1c(CCC)c(CC)c2c(C)cccc2c1CCC. The van der Waals surface area contributed by atoms with Crippen molar-refractivity contribution in [3.8, 4) is 0 Å². The summed E-state index contributed by atoms with van der Waals surface area (Å²) in [5.74, 6) is 0. The maximum Gasteiger partial charge on any atom is -0.0117 e. The van der Waals surface area contributed by atoms with Crippen LogP contribution in [-0.2, 0) is 25.7 Å². The van der Waals surface area contributed by atoms with Crippen LogP contribution in [0.2, 0.25) is 0 Å². The van der Waals surface area contributed by atoms with Gasteiger partial charge in [0.1, 0.15) is 0 Å². The van der Waals surface area contributed by atoms with E-state index in [1.807, 2.05) is 0 Å². The molecule has 0 nitrogen and oxygen atoms in total. The summed E-state index contributed by atoms with van der Waals surface area (Å²) in [5.41, 5.74) is 8.08. The van der Waals surface area contributed by atoms with Gasteiger partial charge in [-0.3, -0.25) is 0 Å². The summed E-state index contributed by atoms with van der Waals surface area (Å²) in [6, 6.07) is 6.89. The second-order valence-corrected chi connectivity index (χ2v) is 6.52. The summed E-state index contributed by atoms with van der Waals surface area (Å²) in [4.78, 5) is 0. The average Bonchev–Trinajstić information content (AvgIpc) is 2.51. The van der Waals surface area contributed by atoms with Crippen molar-refractivity contribution in [3.05, 3.63) is 46.0 Å². The number of rotatable bonds is 7. The van der Waals surface area contributed by atoms with Gasteiger partial charge >= 0.3 is 0 Å². The molecule has 0 saturated heterocycles. The van der Waals surface area contributed by atoms with Crippen molar-refractivity contribution in [2.75, 3.05) is 0 Å². The van der Waals surface area contributed by atoms with Gasteiger partial charge in [0.05, 0.1) is 0 Å². The number of hydrogen-bond donors (Lipinski definition) is 0. The number of aryl methyl sites for hydroxylation is 3. The summed E-state index contributed by atoms with van der Waals surface area (Å²) in [5, 5.41) is 3.08. The molecule has 0 atom stereocenters. The Morgan fingerprint density at radius 2 is 1.23 bits per heavy atom. The average molecular weight is 296 g/mol. The van der Waals surface area contributed by atoms with E-state index in [1.54, 1.807) is 27.6 Å². The van der Waals surface area contributed by atoms with Crippen LogP contribution in [0, 0.1) is 6.92 Å². The minimum atomic E-state index is 1.15. The highest BCUT2D eigenvalue weighted by atomic mass is 14.2. The maximum absolute atomic E-state index is 2.36. The minimum absolute atomic E-state index is 1.15. The standard InChI is InChI=1S/C22H32/c1-6-11-18-17(9-4)22-16(5)14-10-15-21(22)20(13-8-3)19(18)12-7-2/h10,14-15H,6-9,11-13H2,1-5H3. The van der Waals surface area contributed by atoms with Crippen LogP contribution in [0.1, 0.15) is 74.8 Å². The third-order valence-corrected chi connectivity index (χ3v) is 4.85. The molecule has 0 spiro atoms. The van der Waals surface area contributed by atoms with Crippen LogP contribution in [0.5, 0.6) is 0 Å². The third-order valence-electron chi connectivity index (χ3n) is 4.85. The van der Waals surface area contributed by atoms with E-state index in [9.17, 15) is 0 Å². The van der Waals surface area contributed by atoms with Crippen molar-refractivity contribution in [2.45, 2.75) is 79.6 Å². The molecule has 0 N–H and O–H groups in total. The molecule has 2 aromatic rings. The first-order chi connectivity index (χ1) is 10.7. The van der Waals surface area contributed by atoms with Gasteiger partial charge < -0.3 is 0 Å². The number of benzene rings is 2. The summed E-state index contributed by atoms with van der Waals surface area (Å²) in [6.07, 6.45) is 8.56. The van der Waals surface area contributed by atoms with Crippen molar-refractivity contribution >= 4 is 10.8 Å². The van der Waals surface area contributed by atoms with Crippen LogP contribution in [0.25, 0.3) is 10.8 Å². The molecule has 0 aromatic heterocycles. The van der Waals surface area contributed by atoms with Crippen molar-refractivity contribution in [1.82, 2.24) is 0 Å². The molecular weight excluding hydrogens is 264 g/mol. The lowest BCUT2D eigenvalue weighted by molar-refractivity contribution is 0.821. The zero-order valence-electron chi connectivity index (χ0n) is 15.2. The Labute approximate surface area is 136 Å². The highest BCUT2D eigenvalue weighted by Gasteiger charge is 2.17.